The van der Waals surface area contributed by atoms with Crippen molar-refractivity contribution in [2.24, 2.45) is 0 Å². The fraction of sp³-hybridized carbons (Fsp3) is 0.222. The van der Waals surface area contributed by atoms with E-state index in [2.05, 4.69) is 12.6 Å². The lowest BCUT2D eigenvalue weighted by Crippen LogP contribution is -2.09. The molecule has 0 saturated carbocycles. The molecule has 0 fully saturated rings. The van der Waals surface area contributed by atoms with Crippen LogP contribution in [0.15, 0.2) is 18.2 Å². The molecule has 0 aliphatic rings. The maximum absolute atomic E-state index is 11.0. The Kier molecular flexibility index (Phi) is 4.10. The third kappa shape index (κ3) is 2.82. The molecular weight excluding hydrogens is 224 g/mol. The Bertz CT molecular complexity index is 341. The number of hydrogen-bond donors (Lipinski definition) is 1. The highest BCUT2D eigenvalue weighted by atomic mass is 35.5. The van der Waals surface area contributed by atoms with Crippen molar-refractivity contribution in [3.8, 4) is 11.5 Å². The van der Waals surface area contributed by atoms with Crippen LogP contribution in [-0.2, 0) is 4.79 Å². The first kappa shape index (κ1) is 11.2. The third-order valence-electron chi connectivity index (χ3n) is 1.48. The highest BCUT2D eigenvalue weighted by Crippen LogP contribution is 2.30. The average molecular weight is 233 g/mol. The van der Waals surface area contributed by atoms with E-state index in [-0.39, 0.29) is 5.75 Å². The largest absolute Gasteiger partial charge is 0.493 e. The van der Waals surface area contributed by atoms with Crippen molar-refractivity contribution in [3.63, 3.8) is 0 Å². The van der Waals surface area contributed by atoms with Crippen LogP contribution in [0.2, 0.25) is 5.02 Å². The lowest BCUT2D eigenvalue weighted by atomic mass is 10.3. The van der Waals surface area contributed by atoms with Crippen LogP contribution in [0.4, 0.5) is 0 Å². The first-order valence-corrected chi connectivity index (χ1v) is 4.83. The lowest BCUT2D eigenvalue weighted by molar-refractivity contribution is -0.131. The van der Waals surface area contributed by atoms with Gasteiger partial charge < -0.3 is 9.47 Å². The van der Waals surface area contributed by atoms with Crippen molar-refractivity contribution in [2.75, 3.05) is 12.9 Å². The number of thiol groups is 1. The highest BCUT2D eigenvalue weighted by Gasteiger charge is 2.08. The number of methoxy groups -OCH3 is 1. The molecule has 0 saturated heterocycles. The molecule has 0 N–H and O–H groups in total. The number of halogens is 1. The van der Waals surface area contributed by atoms with E-state index in [0.717, 1.165) is 0 Å². The van der Waals surface area contributed by atoms with Gasteiger partial charge in [0.25, 0.3) is 0 Å². The van der Waals surface area contributed by atoms with E-state index >= 15 is 0 Å². The van der Waals surface area contributed by atoms with Crippen LogP contribution in [0.1, 0.15) is 0 Å². The molecule has 0 atom stereocenters. The molecule has 5 heteroatoms. The quantitative estimate of drug-likeness (QED) is 0.493. The monoisotopic (exact) mass is 232 g/mol. The van der Waals surface area contributed by atoms with Crippen LogP contribution >= 0.6 is 24.2 Å². The number of carbonyl (C=O) groups excluding carboxylic acids is 1. The summed E-state index contributed by atoms with van der Waals surface area (Å²) in [5.41, 5.74) is 0. The minimum absolute atomic E-state index is 0.00959. The van der Waals surface area contributed by atoms with Crippen molar-refractivity contribution in [2.45, 2.75) is 0 Å². The zero-order valence-electron chi connectivity index (χ0n) is 7.49. The van der Waals surface area contributed by atoms with E-state index in [1.807, 2.05) is 0 Å². The van der Waals surface area contributed by atoms with Crippen LogP contribution < -0.4 is 9.47 Å². The topological polar surface area (TPSA) is 35.5 Å². The van der Waals surface area contributed by atoms with Gasteiger partial charge in [0.2, 0.25) is 0 Å². The molecule has 0 aliphatic heterocycles. The van der Waals surface area contributed by atoms with Gasteiger partial charge in [0.05, 0.1) is 12.9 Å². The smallest absolute Gasteiger partial charge is 0.321 e. The standard InChI is InChI=1S/C9H9ClO3S/c1-12-7-3-2-6(10)4-8(7)13-9(11)5-14/h2-4,14H,5H2,1H3. The summed E-state index contributed by atoms with van der Waals surface area (Å²) in [7, 11) is 1.49. The Morgan fingerprint density at radius 2 is 2.21 bits per heavy atom. The fourth-order valence-electron chi connectivity index (χ4n) is 0.885. The predicted octanol–water partition coefficient (Wildman–Crippen LogP) is 2.18. The van der Waals surface area contributed by atoms with Crippen LogP contribution in [0, 0.1) is 0 Å². The zero-order valence-corrected chi connectivity index (χ0v) is 9.14. The van der Waals surface area contributed by atoms with Gasteiger partial charge in [0.15, 0.2) is 11.5 Å². The summed E-state index contributed by atoms with van der Waals surface area (Å²) in [5.74, 6) is 0.327. The van der Waals surface area contributed by atoms with Gasteiger partial charge >= 0.3 is 5.97 Å². The van der Waals surface area contributed by atoms with E-state index < -0.39 is 5.97 Å². The Balaban J connectivity index is 2.93. The first-order chi connectivity index (χ1) is 6.67. The summed E-state index contributed by atoms with van der Waals surface area (Å²) in [6, 6.07) is 4.80. The second-order valence-electron chi connectivity index (χ2n) is 2.43. The molecular formula is C9H9ClO3S. The van der Waals surface area contributed by atoms with Gasteiger partial charge in [-0.3, -0.25) is 4.79 Å². The van der Waals surface area contributed by atoms with Crippen molar-refractivity contribution in [1.82, 2.24) is 0 Å². The zero-order chi connectivity index (χ0) is 10.6. The second kappa shape index (κ2) is 5.12. The number of esters is 1. The number of carbonyl (C=O) groups is 1. The Morgan fingerprint density at radius 1 is 1.50 bits per heavy atom. The summed E-state index contributed by atoms with van der Waals surface area (Å²) in [4.78, 5) is 11.0. The van der Waals surface area contributed by atoms with Gasteiger partial charge in [-0.25, -0.2) is 0 Å². The molecule has 0 unspecified atom stereocenters. The number of hydrogen-bond acceptors (Lipinski definition) is 4. The van der Waals surface area contributed by atoms with Crippen molar-refractivity contribution in [1.29, 1.82) is 0 Å². The lowest BCUT2D eigenvalue weighted by Gasteiger charge is -2.08. The van der Waals surface area contributed by atoms with Crippen LogP contribution in [0.3, 0.4) is 0 Å². The minimum atomic E-state index is -0.450. The predicted molar refractivity (Wildman–Crippen MR) is 57.5 cm³/mol. The first-order valence-electron chi connectivity index (χ1n) is 3.82. The van der Waals surface area contributed by atoms with Crippen molar-refractivity contribution >= 4 is 30.2 Å². The highest BCUT2D eigenvalue weighted by molar-refractivity contribution is 7.81. The maximum atomic E-state index is 11.0. The molecule has 14 heavy (non-hydrogen) atoms. The Hall–Kier alpha value is -0.870. The Labute approximate surface area is 92.4 Å². The summed E-state index contributed by atoms with van der Waals surface area (Å²) in [6.45, 7) is 0. The van der Waals surface area contributed by atoms with E-state index in [0.29, 0.717) is 16.5 Å². The number of rotatable bonds is 3. The SMILES string of the molecule is COc1ccc(Cl)cc1OC(=O)CS. The van der Waals surface area contributed by atoms with Gasteiger partial charge in [-0.15, -0.1) is 0 Å². The molecule has 0 bridgehead atoms. The molecule has 0 heterocycles. The van der Waals surface area contributed by atoms with Gasteiger partial charge in [0, 0.05) is 11.1 Å². The molecule has 0 aromatic heterocycles. The van der Waals surface area contributed by atoms with Crippen LogP contribution in [-0.4, -0.2) is 18.8 Å². The maximum Gasteiger partial charge on any atom is 0.321 e. The van der Waals surface area contributed by atoms with E-state index in [1.165, 1.54) is 13.2 Å². The number of benzene rings is 1. The summed E-state index contributed by atoms with van der Waals surface area (Å²) in [6.07, 6.45) is 0. The molecule has 1 aromatic rings. The van der Waals surface area contributed by atoms with Crippen LogP contribution in [0.5, 0.6) is 11.5 Å². The molecule has 0 radical (unpaired) electrons. The fourth-order valence-corrected chi connectivity index (χ4v) is 1.11. The third-order valence-corrected chi connectivity index (χ3v) is 1.97. The van der Waals surface area contributed by atoms with Gasteiger partial charge in [-0.2, -0.15) is 12.6 Å². The average Bonchev–Trinajstić information content (AvgIpc) is 2.18. The van der Waals surface area contributed by atoms with Gasteiger partial charge in [-0.05, 0) is 12.1 Å². The summed E-state index contributed by atoms with van der Waals surface area (Å²) in [5, 5.41) is 0.479. The van der Waals surface area contributed by atoms with E-state index in [9.17, 15) is 4.79 Å². The molecule has 1 rings (SSSR count). The van der Waals surface area contributed by atoms with Crippen molar-refractivity contribution < 1.29 is 14.3 Å². The summed E-state index contributed by atoms with van der Waals surface area (Å²) >= 11 is 9.52. The van der Waals surface area contributed by atoms with E-state index in [4.69, 9.17) is 21.1 Å². The molecule has 0 spiro atoms. The molecule has 0 amide bonds. The second-order valence-corrected chi connectivity index (χ2v) is 3.18. The van der Waals surface area contributed by atoms with E-state index in [1.54, 1.807) is 12.1 Å². The minimum Gasteiger partial charge on any atom is -0.493 e. The Morgan fingerprint density at radius 3 is 2.79 bits per heavy atom. The normalized spacial score (nSPS) is 9.64. The van der Waals surface area contributed by atoms with Gasteiger partial charge in [0.1, 0.15) is 0 Å². The number of ether oxygens (including phenoxy) is 2. The molecule has 1 aromatic carbocycles. The van der Waals surface area contributed by atoms with Crippen molar-refractivity contribution in [3.05, 3.63) is 23.2 Å². The van der Waals surface area contributed by atoms with Gasteiger partial charge in [-0.1, -0.05) is 11.6 Å². The molecule has 0 aliphatic carbocycles. The molecule has 76 valence electrons. The van der Waals surface area contributed by atoms with Crippen LogP contribution in [0.25, 0.3) is 0 Å². The summed E-state index contributed by atoms with van der Waals surface area (Å²) < 4.78 is 9.93. The molecule has 3 nitrogen and oxygen atoms in total.